The number of nitrogens with zero attached hydrogens (tertiary/aromatic N) is 4. The molecule has 3 heterocycles. The Morgan fingerprint density at radius 1 is 1.25 bits per heavy atom. The number of hydrogen-bond acceptors (Lipinski definition) is 8. The van der Waals surface area contributed by atoms with Crippen molar-refractivity contribution >= 4 is 17.9 Å². The molecule has 24 heavy (non-hydrogen) atoms. The van der Waals surface area contributed by atoms with E-state index in [2.05, 4.69) is 20.3 Å². The molecule has 9 nitrogen and oxygen atoms in total. The standard InChI is InChI=1S/C15H24N6O3/c1-15(2,3)24-14(22)21-8-10-11(9-21)17-13(19-16)18-12(10)20-4-6-23-7-5-20/h4-9,16H2,1-3H3,(H,17,18,19). The van der Waals surface area contributed by atoms with Gasteiger partial charge in [-0.1, -0.05) is 0 Å². The molecule has 3 N–H and O–H groups in total. The minimum atomic E-state index is -0.533. The second-order valence-corrected chi connectivity index (χ2v) is 6.88. The van der Waals surface area contributed by atoms with Gasteiger partial charge in [0.25, 0.3) is 0 Å². The molecule has 3 rings (SSSR count). The number of rotatable bonds is 2. The lowest BCUT2D eigenvalue weighted by Gasteiger charge is -2.29. The SMILES string of the molecule is CC(C)(C)OC(=O)N1Cc2nc(NN)nc(N3CCOCC3)c2C1. The second-order valence-electron chi connectivity index (χ2n) is 6.88. The maximum atomic E-state index is 12.4. The Bertz CT molecular complexity index is 624. The summed E-state index contributed by atoms with van der Waals surface area (Å²) < 4.78 is 10.9. The highest BCUT2D eigenvalue weighted by Crippen LogP contribution is 2.31. The van der Waals surface area contributed by atoms with E-state index >= 15 is 0 Å². The molecule has 1 aromatic rings. The summed E-state index contributed by atoms with van der Waals surface area (Å²) >= 11 is 0. The highest BCUT2D eigenvalue weighted by molar-refractivity contribution is 5.70. The monoisotopic (exact) mass is 336 g/mol. The second kappa shape index (κ2) is 6.40. The van der Waals surface area contributed by atoms with E-state index in [0.717, 1.165) is 30.2 Å². The van der Waals surface area contributed by atoms with Crippen LogP contribution in [0.2, 0.25) is 0 Å². The lowest BCUT2D eigenvalue weighted by atomic mass is 10.2. The zero-order valence-electron chi connectivity index (χ0n) is 14.3. The molecule has 0 aromatic carbocycles. The molecular formula is C15H24N6O3. The van der Waals surface area contributed by atoms with Gasteiger partial charge in [-0.25, -0.2) is 15.6 Å². The Hall–Kier alpha value is -2.13. The number of carbonyl (C=O) groups excluding carboxylic acids is 1. The van der Waals surface area contributed by atoms with Crippen LogP contribution in [0.3, 0.4) is 0 Å². The minimum Gasteiger partial charge on any atom is -0.444 e. The summed E-state index contributed by atoms with van der Waals surface area (Å²) in [6, 6.07) is 0. The van der Waals surface area contributed by atoms with E-state index in [1.807, 2.05) is 20.8 Å². The molecular weight excluding hydrogens is 312 g/mol. The van der Waals surface area contributed by atoms with E-state index in [1.54, 1.807) is 4.90 Å². The number of aromatic nitrogens is 2. The Morgan fingerprint density at radius 2 is 1.96 bits per heavy atom. The smallest absolute Gasteiger partial charge is 0.410 e. The van der Waals surface area contributed by atoms with Gasteiger partial charge in [0.1, 0.15) is 11.4 Å². The Morgan fingerprint density at radius 3 is 2.58 bits per heavy atom. The lowest BCUT2D eigenvalue weighted by molar-refractivity contribution is 0.0240. The number of ether oxygens (including phenoxy) is 2. The Labute approximate surface area is 141 Å². The maximum Gasteiger partial charge on any atom is 0.410 e. The van der Waals surface area contributed by atoms with Gasteiger partial charge in [-0.15, -0.1) is 0 Å². The third-order valence-corrected chi connectivity index (χ3v) is 3.85. The first kappa shape index (κ1) is 16.7. The highest BCUT2D eigenvalue weighted by Gasteiger charge is 2.33. The molecule has 2 aliphatic rings. The summed E-state index contributed by atoms with van der Waals surface area (Å²) in [6.07, 6.45) is -0.351. The molecule has 0 atom stereocenters. The van der Waals surface area contributed by atoms with Crippen LogP contribution in [0.4, 0.5) is 16.6 Å². The van der Waals surface area contributed by atoms with E-state index in [4.69, 9.17) is 15.3 Å². The third-order valence-electron chi connectivity index (χ3n) is 3.85. The molecule has 0 radical (unpaired) electrons. The van der Waals surface area contributed by atoms with Crippen LogP contribution in [0.1, 0.15) is 32.0 Å². The van der Waals surface area contributed by atoms with Gasteiger partial charge in [-0.05, 0) is 20.8 Å². The van der Waals surface area contributed by atoms with Crippen molar-refractivity contribution in [1.29, 1.82) is 0 Å². The topological polar surface area (TPSA) is 106 Å². The van der Waals surface area contributed by atoms with Crippen LogP contribution >= 0.6 is 0 Å². The summed E-state index contributed by atoms with van der Waals surface area (Å²) in [5.41, 5.74) is 3.71. The lowest BCUT2D eigenvalue weighted by Crippen LogP contribution is -2.38. The van der Waals surface area contributed by atoms with E-state index in [0.29, 0.717) is 32.3 Å². The predicted octanol–water partition coefficient (Wildman–Crippen LogP) is 0.850. The van der Waals surface area contributed by atoms with Gasteiger partial charge in [-0.3, -0.25) is 10.3 Å². The van der Waals surface area contributed by atoms with Gasteiger partial charge >= 0.3 is 6.09 Å². The first-order valence-corrected chi connectivity index (χ1v) is 8.04. The molecule has 0 spiro atoms. The fourth-order valence-electron chi connectivity index (χ4n) is 2.79. The van der Waals surface area contributed by atoms with E-state index in [1.165, 1.54) is 0 Å². The van der Waals surface area contributed by atoms with Crippen molar-refractivity contribution in [3.05, 3.63) is 11.3 Å². The molecule has 1 saturated heterocycles. The predicted molar refractivity (Wildman–Crippen MR) is 88.4 cm³/mol. The zero-order chi connectivity index (χ0) is 17.3. The molecule has 1 aromatic heterocycles. The normalized spacial score (nSPS) is 17.7. The first-order chi connectivity index (χ1) is 11.4. The number of fused-ring (bicyclic) bond motifs is 1. The van der Waals surface area contributed by atoms with Crippen molar-refractivity contribution in [2.45, 2.75) is 39.5 Å². The first-order valence-electron chi connectivity index (χ1n) is 8.04. The van der Waals surface area contributed by atoms with Crippen LogP contribution in [0.25, 0.3) is 0 Å². The molecule has 2 aliphatic heterocycles. The number of morpholine rings is 1. The minimum absolute atomic E-state index is 0.348. The summed E-state index contributed by atoms with van der Waals surface area (Å²) in [6.45, 7) is 9.18. The van der Waals surface area contributed by atoms with Crippen molar-refractivity contribution in [1.82, 2.24) is 14.9 Å². The van der Waals surface area contributed by atoms with Gasteiger partial charge in [0, 0.05) is 18.7 Å². The summed E-state index contributed by atoms with van der Waals surface area (Å²) in [4.78, 5) is 25.0. The zero-order valence-corrected chi connectivity index (χ0v) is 14.3. The Kier molecular flexibility index (Phi) is 4.46. The largest absolute Gasteiger partial charge is 0.444 e. The number of anilines is 2. The average Bonchev–Trinajstić information content (AvgIpc) is 2.97. The number of hydrazine groups is 1. The quantitative estimate of drug-likeness (QED) is 0.605. The van der Waals surface area contributed by atoms with Crippen molar-refractivity contribution in [3.63, 3.8) is 0 Å². The molecule has 0 saturated carbocycles. The van der Waals surface area contributed by atoms with Crippen LogP contribution < -0.4 is 16.2 Å². The van der Waals surface area contributed by atoms with E-state index < -0.39 is 5.60 Å². The molecule has 0 unspecified atom stereocenters. The van der Waals surface area contributed by atoms with Crippen LogP contribution in [-0.2, 0) is 22.6 Å². The fourth-order valence-corrected chi connectivity index (χ4v) is 2.79. The van der Waals surface area contributed by atoms with Gasteiger partial charge in [0.05, 0.1) is 32.0 Å². The molecule has 0 bridgehead atoms. The number of amides is 1. The number of hydrogen-bond donors (Lipinski definition) is 2. The van der Waals surface area contributed by atoms with Gasteiger partial charge < -0.3 is 14.4 Å². The Balaban J connectivity index is 1.85. The number of carbonyl (C=O) groups is 1. The van der Waals surface area contributed by atoms with Crippen molar-refractivity contribution in [2.75, 3.05) is 36.6 Å². The third kappa shape index (κ3) is 3.51. The van der Waals surface area contributed by atoms with Crippen LogP contribution in [0.5, 0.6) is 0 Å². The van der Waals surface area contributed by atoms with Gasteiger partial charge in [0.2, 0.25) is 5.95 Å². The molecule has 1 fully saturated rings. The molecule has 0 aliphatic carbocycles. The summed E-state index contributed by atoms with van der Waals surface area (Å²) in [5.74, 6) is 6.65. The fraction of sp³-hybridized carbons (Fsp3) is 0.667. The van der Waals surface area contributed by atoms with Gasteiger partial charge in [0.15, 0.2) is 0 Å². The van der Waals surface area contributed by atoms with Crippen LogP contribution in [0.15, 0.2) is 0 Å². The maximum absolute atomic E-state index is 12.4. The molecule has 132 valence electrons. The van der Waals surface area contributed by atoms with Crippen LogP contribution in [-0.4, -0.2) is 52.9 Å². The van der Waals surface area contributed by atoms with Gasteiger partial charge in [-0.2, -0.15) is 4.98 Å². The van der Waals surface area contributed by atoms with Crippen LogP contribution in [0, 0.1) is 0 Å². The molecule has 9 heteroatoms. The molecule has 1 amide bonds. The summed E-state index contributed by atoms with van der Waals surface area (Å²) in [7, 11) is 0. The van der Waals surface area contributed by atoms with E-state index in [9.17, 15) is 4.79 Å². The number of nitrogens with two attached hydrogens (primary N) is 1. The van der Waals surface area contributed by atoms with Crippen molar-refractivity contribution in [2.24, 2.45) is 5.84 Å². The highest BCUT2D eigenvalue weighted by atomic mass is 16.6. The van der Waals surface area contributed by atoms with Crippen molar-refractivity contribution < 1.29 is 14.3 Å². The van der Waals surface area contributed by atoms with E-state index in [-0.39, 0.29) is 6.09 Å². The summed E-state index contributed by atoms with van der Waals surface area (Å²) in [5, 5.41) is 0. The average molecular weight is 336 g/mol. The van der Waals surface area contributed by atoms with Crippen molar-refractivity contribution in [3.8, 4) is 0 Å². The number of nitrogens with one attached hydrogen (secondary N) is 1. The number of nitrogen functional groups attached to an aromatic ring is 1.